The molecule has 1 aromatic heterocycles. The first-order valence-corrected chi connectivity index (χ1v) is 13.5. The minimum absolute atomic E-state index is 0.176. The molecule has 2 rings (SSSR count). The van der Waals surface area contributed by atoms with Crippen LogP contribution < -0.4 is 16.0 Å². The lowest BCUT2D eigenvalue weighted by atomic mass is 9.96. The fourth-order valence-electron chi connectivity index (χ4n) is 3.89. The third-order valence-corrected chi connectivity index (χ3v) is 6.31. The Morgan fingerprint density at radius 1 is 1.19 bits per heavy atom. The molecule has 9 heteroatoms. The molecule has 0 aromatic carbocycles. The number of amides is 2. The van der Waals surface area contributed by atoms with Gasteiger partial charge in [0.1, 0.15) is 11.9 Å². The zero-order valence-corrected chi connectivity index (χ0v) is 23.3. The maximum absolute atomic E-state index is 12.4. The number of carbonyl (C=O) groups excluding carboxylic acids is 2. The van der Waals surface area contributed by atoms with Crippen molar-refractivity contribution in [2.75, 3.05) is 51.4 Å². The molecule has 204 valence electrons. The van der Waals surface area contributed by atoms with E-state index in [9.17, 15) is 9.59 Å². The topological polar surface area (TPSA) is 102 Å². The van der Waals surface area contributed by atoms with Gasteiger partial charge in [0.05, 0.1) is 11.8 Å². The molecule has 3 N–H and O–H groups in total. The minimum atomic E-state index is -0.548. The molecule has 0 saturated heterocycles. The van der Waals surface area contributed by atoms with E-state index in [1.54, 1.807) is 26.2 Å². The van der Waals surface area contributed by atoms with Crippen molar-refractivity contribution < 1.29 is 9.59 Å². The van der Waals surface area contributed by atoms with Crippen LogP contribution >= 0.6 is 0 Å². The zero-order valence-electron chi connectivity index (χ0n) is 23.3. The average Bonchev–Trinajstić information content (AvgIpc) is 2.89. The molecule has 1 heterocycles. The van der Waals surface area contributed by atoms with Crippen molar-refractivity contribution in [1.82, 2.24) is 25.1 Å². The number of nitrogens with zero attached hydrogens (tertiary/aromatic N) is 4. The van der Waals surface area contributed by atoms with Gasteiger partial charge in [-0.05, 0) is 46.7 Å². The number of nitrogens with one attached hydrogen (secondary N) is 3. The molecule has 1 fully saturated rings. The molecule has 0 unspecified atom stereocenters. The first-order valence-electron chi connectivity index (χ1n) is 13.5. The Kier molecular flexibility index (Phi) is 13.5. The van der Waals surface area contributed by atoms with Crippen LogP contribution in [0.5, 0.6) is 0 Å². The molecule has 1 aliphatic carbocycles. The summed E-state index contributed by atoms with van der Waals surface area (Å²) in [7, 11) is 5.50. The van der Waals surface area contributed by atoms with Crippen LogP contribution in [0.1, 0.15) is 70.8 Å². The van der Waals surface area contributed by atoms with Crippen LogP contribution in [-0.2, 0) is 9.59 Å². The first kappa shape index (κ1) is 30.1. The number of hydrogen-bond acceptors (Lipinski definition) is 7. The van der Waals surface area contributed by atoms with Crippen LogP contribution in [0.2, 0.25) is 0 Å². The van der Waals surface area contributed by atoms with Gasteiger partial charge in [0.15, 0.2) is 0 Å². The summed E-state index contributed by atoms with van der Waals surface area (Å²) in [5.41, 5.74) is 0.780. The Morgan fingerprint density at radius 3 is 2.65 bits per heavy atom. The highest BCUT2D eigenvalue weighted by molar-refractivity contribution is 5.92. The lowest BCUT2D eigenvalue weighted by Crippen LogP contribution is -2.45. The standard InChI is InChI=1S/C28H45N7O2/c1-6-18-29-26-23(21-31-28(33-26)32-24-15-10-7-11-16-24)14-9-8-12-19-30-27(37)22(2)35(5)25(36)17-13-20-34(3)4/h13,17,21-22,24H,6-8,10-12,15-16,18-20H2,1-5H3,(H,30,37)(H2,29,31,32,33)/t22-/m0/s1. The zero-order chi connectivity index (χ0) is 27.0. The molecule has 0 spiro atoms. The quantitative estimate of drug-likeness (QED) is 0.212. The summed E-state index contributed by atoms with van der Waals surface area (Å²) >= 11 is 0. The number of aromatic nitrogens is 2. The highest BCUT2D eigenvalue weighted by Crippen LogP contribution is 2.21. The van der Waals surface area contributed by atoms with Crippen molar-refractivity contribution in [3.8, 4) is 11.8 Å². The van der Waals surface area contributed by atoms with Crippen molar-refractivity contribution in [3.05, 3.63) is 23.9 Å². The Labute approximate surface area is 222 Å². The van der Waals surface area contributed by atoms with E-state index in [0.29, 0.717) is 37.9 Å². The number of rotatable bonds is 13. The monoisotopic (exact) mass is 511 g/mol. The van der Waals surface area contributed by atoms with Crippen molar-refractivity contribution >= 4 is 23.6 Å². The summed E-state index contributed by atoms with van der Waals surface area (Å²) in [6.45, 7) is 5.83. The van der Waals surface area contributed by atoms with E-state index in [0.717, 1.165) is 24.3 Å². The molecule has 1 saturated carbocycles. The van der Waals surface area contributed by atoms with Gasteiger partial charge < -0.3 is 25.8 Å². The maximum atomic E-state index is 12.4. The molecule has 0 aliphatic heterocycles. The number of unbranched alkanes of at least 4 members (excludes halogenated alkanes) is 1. The van der Waals surface area contributed by atoms with Crippen LogP contribution in [0.4, 0.5) is 11.8 Å². The molecule has 2 amide bonds. The Balaban J connectivity index is 1.82. The van der Waals surface area contributed by atoms with E-state index in [2.05, 4.69) is 44.7 Å². The largest absolute Gasteiger partial charge is 0.369 e. The van der Waals surface area contributed by atoms with Gasteiger partial charge in [-0.1, -0.05) is 44.1 Å². The molecule has 0 bridgehead atoms. The van der Waals surface area contributed by atoms with Crippen molar-refractivity contribution in [1.29, 1.82) is 0 Å². The highest BCUT2D eigenvalue weighted by atomic mass is 16.2. The Hall–Kier alpha value is -3.12. The number of carbonyl (C=O) groups is 2. The van der Waals surface area contributed by atoms with Crippen LogP contribution in [0.25, 0.3) is 0 Å². The van der Waals surface area contributed by atoms with Gasteiger partial charge in [0.25, 0.3) is 0 Å². The summed E-state index contributed by atoms with van der Waals surface area (Å²) in [6, 6.07) is -0.104. The second kappa shape index (κ2) is 16.6. The summed E-state index contributed by atoms with van der Waals surface area (Å²) in [5, 5.41) is 9.74. The predicted octanol–water partition coefficient (Wildman–Crippen LogP) is 3.26. The van der Waals surface area contributed by atoms with Gasteiger partial charge in [-0.2, -0.15) is 4.98 Å². The smallest absolute Gasteiger partial charge is 0.246 e. The van der Waals surface area contributed by atoms with Crippen LogP contribution in [-0.4, -0.2) is 84.4 Å². The minimum Gasteiger partial charge on any atom is -0.369 e. The lowest BCUT2D eigenvalue weighted by molar-refractivity contribution is -0.135. The highest BCUT2D eigenvalue weighted by Gasteiger charge is 2.20. The van der Waals surface area contributed by atoms with E-state index in [-0.39, 0.29) is 11.8 Å². The fourth-order valence-corrected chi connectivity index (χ4v) is 3.89. The van der Waals surface area contributed by atoms with Crippen LogP contribution in [0, 0.1) is 11.8 Å². The van der Waals surface area contributed by atoms with Crippen LogP contribution in [0.15, 0.2) is 18.3 Å². The molecular formula is C28H45N7O2. The van der Waals surface area contributed by atoms with E-state index < -0.39 is 6.04 Å². The fraction of sp³-hybridized carbons (Fsp3) is 0.643. The summed E-state index contributed by atoms with van der Waals surface area (Å²) in [6.07, 6.45) is 13.6. The van der Waals surface area contributed by atoms with Gasteiger partial charge in [-0.25, -0.2) is 4.98 Å². The Morgan fingerprint density at radius 2 is 1.95 bits per heavy atom. The van der Waals surface area contributed by atoms with Gasteiger partial charge in [0.2, 0.25) is 17.8 Å². The van der Waals surface area contributed by atoms with Crippen molar-refractivity contribution in [2.24, 2.45) is 0 Å². The third-order valence-electron chi connectivity index (χ3n) is 6.31. The molecule has 37 heavy (non-hydrogen) atoms. The van der Waals surface area contributed by atoms with E-state index >= 15 is 0 Å². The Bertz CT molecular complexity index is 946. The number of anilines is 2. The third kappa shape index (κ3) is 11.2. The summed E-state index contributed by atoms with van der Waals surface area (Å²) in [5.74, 6) is 7.41. The number of hydrogen-bond donors (Lipinski definition) is 3. The van der Waals surface area contributed by atoms with Gasteiger partial charge in [-0.3, -0.25) is 9.59 Å². The van der Waals surface area contributed by atoms with Crippen LogP contribution in [0.3, 0.4) is 0 Å². The summed E-state index contributed by atoms with van der Waals surface area (Å²) in [4.78, 5) is 37.3. The molecular weight excluding hydrogens is 466 g/mol. The van der Waals surface area contributed by atoms with E-state index in [1.165, 1.54) is 43.1 Å². The second-order valence-electron chi connectivity index (χ2n) is 9.85. The predicted molar refractivity (Wildman–Crippen MR) is 150 cm³/mol. The number of likely N-dealkylation sites (N-methyl/N-ethyl adjacent to an activating group) is 2. The van der Waals surface area contributed by atoms with Gasteiger partial charge in [0, 0.05) is 45.2 Å². The van der Waals surface area contributed by atoms with Gasteiger partial charge >= 0.3 is 0 Å². The second-order valence-corrected chi connectivity index (χ2v) is 9.85. The normalized spacial score (nSPS) is 14.6. The first-order chi connectivity index (χ1) is 17.8. The van der Waals surface area contributed by atoms with Gasteiger partial charge in [-0.15, -0.1) is 0 Å². The van der Waals surface area contributed by atoms with E-state index in [4.69, 9.17) is 0 Å². The SMILES string of the molecule is CCCNc1nc(NC2CCCCC2)ncc1C#CCCCNC(=O)[C@H](C)N(C)C(=O)C=CCN(C)C. The average molecular weight is 512 g/mol. The molecule has 1 aliphatic rings. The molecule has 1 atom stereocenters. The molecule has 0 radical (unpaired) electrons. The molecule has 9 nitrogen and oxygen atoms in total. The van der Waals surface area contributed by atoms with E-state index in [1.807, 2.05) is 19.0 Å². The summed E-state index contributed by atoms with van der Waals surface area (Å²) < 4.78 is 0. The van der Waals surface area contributed by atoms with Crippen molar-refractivity contribution in [2.45, 2.75) is 77.3 Å². The maximum Gasteiger partial charge on any atom is 0.246 e. The van der Waals surface area contributed by atoms with Crippen molar-refractivity contribution in [3.63, 3.8) is 0 Å². The molecule has 1 aromatic rings. The lowest BCUT2D eigenvalue weighted by Gasteiger charge is -2.23.